The summed E-state index contributed by atoms with van der Waals surface area (Å²) in [6, 6.07) is 7.70. The number of hydrogen-bond donors (Lipinski definition) is 2. The minimum atomic E-state index is 0.682. The zero-order valence-corrected chi connectivity index (χ0v) is 10.4. The maximum Gasteiger partial charge on any atom is 0.113 e. The first-order valence-electron chi connectivity index (χ1n) is 5.79. The molecule has 90 valence electrons. The number of aryl methyl sites for hydroxylation is 2. The molecule has 0 saturated carbocycles. The predicted octanol–water partition coefficient (Wildman–Crippen LogP) is 2.56. The second-order valence-electron chi connectivity index (χ2n) is 4.58. The molecule has 0 aliphatic heterocycles. The van der Waals surface area contributed by atoms with Crippen molar-refractivity contribution in [2.45, 2.75) is 13.8 Å². The quantitative estimate of drug-likeness (QED) is 0.466. The molecule has 18 heavy (non-hydrogen) atoms. The molecule has 0 aliphatic rings. The van der Waals surface area contributed by atoms with Crippen molar-refractivity contribution < 1.29 is 0 Å². The van der Waals surface area contributed by atoms with Crippen LogP contribution in [0.5, 0.6) is 0 Å². The van der Waals surface area contributed by atoms with Crippen LogP contribution in [0.2, 0.25) is 0 Å². The van der Waals surface area contributed by atoms with Gasteiger partial charge in [-0.15, -0.1) is 0 Å². The number of nitrogen functional groups attached to an aromatic ring is 2. The summed E-state index contributed by atoms with van der Waals surface area (Å²) < 4.78 is 0. The van der Waals surface area contributed by atoms with Gasteiger partial charge >= 0.3 is 0 Å². The molecule has 0 bridgehead atoms. The fourth-order valence-electron chi connectivity index (χ4n) is 2.03. The molecule has 4 N–H and O–H groups in total. The Labute approximate surface area is 105 Å². The van der Waals surface area contributed by atoms with Gasteiger partial charge in [-0.05, 0) is 43.2 Å². The van der Waals surface area contributed by atoms with Crippen molar-refractivity contribution in [3.05, 3.63) is 35.4 Å². The van der Waals surface area contributed by atoms with E-state index in [9.17, 15) is 0 Å². The number of fused-ring (bicyclic) bond motifs is 2. The Morgan fingerprint density at radius 2 is 1.56 bits per heavy atom. The second-order valence-corrected chi connectivity index (χ2v) is 4.58. The summed E-state index contributed by atoms with van der Waals surface area (Å²) in [4.78, 5) is 9.16. The number of nitrogens with zero attached hydrogens (tertiary/aromatic N) is 2. The molecule has 3 rings (SSSR count). The monoisotopic (exact) mass is 238 g/mol. The minimum Gasteiger partial charge on any atom is -0.398 e. The highest BCUT2D eigenvalue weighted by molar-refractivity contribution is 5.94. The summed E-state index contributed by atoms with van der Waals surface area (Å²) in [6.45, 7) is 3.92. The van der Waals surface area contributed by atoms with E-state index < -0.39 is 0 Å². The fourth-order valence-corrected chi connectivity index (χ4v) is 2.03. The van der Waals surface area contributed by atoms with Crippen LogP contribution in [-0.2, 0) is 0 Å². The molecular weight excluding hydrogens is 224 g/mol. The van der Waals surface area contributed by atoms with Gasteiger partial charge in [0.25, 0.3) is 0 Å². The fraction of sp³-hybridized carbons (Fsp3) is 0.143. The topological polar surface area (TPSA) is 77.8 Å². The van der Waals surface area contributed by atoms with Crippen LogP contribution in [-0.4, -0.2) is 9.97 Å². The van der Waals surface area contributed by atoms with Crippen molar-refractivity contribution in [1.82, 2.24) is 9.97 Å². The van der Waals surface area contributed by atoms with E-state index in [4.69, 9.17) is 11.5 Å². The lowest BCUT2D eigenvalue weighted by Gasteiger charge is -2.07. The van der Waals surface area contributed by atoms with Crippen molar-refractivity contribution in [1.29, 1.82) is 0 Å². The lowest BCUT2D eigenvalue weighted by atomic mass is 10.1. The van der Waals surface area contributed by atoms with Crippen molar-refractivity contribution in [3.63, 3.8) is 0 Å². The van der Waals surface area contributed by atoms with Gasteiger partial charge in [-0.25, -0.2) is 9.97 Å². The number of aromatic nitrogens is 2. The van der Waals surface area contributed by atoms with Crippen molar-refractivity contribution in [3.8, 4) is 0 Å². The first-order chi connectivity index (χ1) is 8.56. The van der Waals surface area contributed by atoms with E-state index in [1.807, 2.05) is 38.1 Å². The molecular formula is C14H14N4. The molecule has 0 spiro atoms. The number of anilines is 2. The van der Waals surface area contributed by atoms with Crippen LogP contribution >= 0.6 is 0 Å². The molecule has 1 heterocycles. The van der Waals surface area contributed by atoms with Crippen LogP contribution in [0.4, 0.5) is 11.4 Å². The molecule has 4 nitrogen and oxygen atoms in total. The van der Waals surface area contributed by atoms with E-state index in [1.54, 1.807) is 0 Å². The molecule has 0 atom stereocenters. The van der Waals surface area contributed by atoms with Gasteiger partial charge in [0.05, 0.1) is 22.2 Å². The van der Waals surface area contributed by atoms with E-state index in [2.05, 4.69) is 9.97 Å². The maximum absolute atomic E-state index is 6.04. The average molecular weight is 238 g/mol. The van der Waals surface area contributed by atoms with E-state index in [0.29, 0.717) is 5.69 Å². The SMILES string of the molecule is Cc1cc2nc3ccc(C)c(N)c3nc2cc1N. The molecule has 0 amide bonds. The van der Waals surface area contributed by atoms with Gasteiger partial charge in [0.1, 0.15) is 5.52 Å². The predicted molar refractivity (Wildman–Crippen MR) is 75.3 cm³/mol. The van der Waals surface area contributed by atoms with E-state index in [0.717, 1.165) is 38.9 Å². The highest BCUT2D eigenvalue weighted by Gasteiger charge is 2.07. The van der Waals surface area contributed by atoms with Gasteiger partial charge in [-0.1, -0.05) is 6.07 Å². The van der Waals surface area contributed by atoms with E-state index in [1.165, 1.54) is 0 Å². The normalized spacial score (nSPS) is 11.2. The van der Waals surface area contributed by atoms with Crippen molar-refractivity contribution in [2.75, 3.05) is 11.5 Å². The number of nitrogens with two attached hydrogens (primary N) is 2. The van der Waals surface area contributed by atoms with Crippen LogP contribution in [0.15, 0.2) is 24.3 Å². The molecule has 4 heteroatoms. The van der Waals surface area contributed by atoms with Gasteiger partial charge in [0.15, 0.2) is 0 Å². The average Bonchev–Trinajstić information content (AvgIpc) is 2.34. The molecule has 1 aromatic heterocycles. The van der Waals surface area contributed by atoms with Crippen LogP contribution < -0.4 is 11.5 Å². The molecule has 0 aliphatic carbocycles. The summed E-state index contributed by atoms with van der Waals surface area (Å²) in [5, 5.41) is 0. The van der Waals surface area contributed by atoms with Gasteiger partial charge in [0, 0.05) is 5.69 Å². The lowest BCUT2D eigenvalue weighted by molar-refractivity contribution is 1.36. The van der Waals surface area contributed by atoms with Gasteiger partial charge in [0.2, 0.25) is 0 Å². The highest BCUT2D eigenvalue weighted by Crippen LogP contribution is 2.25. The highest BCUT2D eigenvalue weighted by atomic mass is 14.8. The number of rotatable bonds is 0. The summed E-state index contributed by atoms with van der Waals surface area (Å²) in [5.74, 6) is 0. The number of benzene rings is 2. The van der Waals surface area contributed by atoms with Crippen LogP contribution in [0.1, 0.15) is 11.1 Å². The molecule has 2 aromatic carbocycles. The van der Waals surface area contributed by atoms with Crippen molar-refractivity contribution >= 4 is 33.4 Å². The summed E-state index contributed by atoms with van der Waals surface area (Å²) in [5.41, 5.74) is 18.6. The van der Waals surface area contributed by atoms with Crippen LogP contribution in [0.25, 0.3) is 22.1 Å². The Balaban J connectivity index is 2.47. The zero-order valence-electron chi connectivity index (χ0n) is 10.4. The standard InChI is InChI=1S/C14H14N4/c1-7-3-4-10-14(13(7)16)18-12-6-9(15)8(2)5-11(12)17-10/h3-6H,15-16H2,1-2H3. The second kappa shape index (κ2) is 3.57. The van der Waals surface area contributed by atoms with E-state index in [-0.39, 0.29) is 0 Å². The maximum atomic E-state index is 6.04. The third-order valence-electron chi connectivity index (χ3n) is 3.25. The molecule has 0 saturated heterocycles. The first-order valence-corrected chi connectivity index (χ1v) is 5.79. The summed E-state index contributed by atoms with van der Waals surface area (Å²) >= 11 is 0. The Kier molecular flexibility index (Phi) is 2.13. The number of hydrogen-bond acceptors (Lipinski definition) is 4. The Bertz CT molecular complexity index is 777. The van der Waals surface area contributed by atoms with Crippen LogP contribution in [0, 0.1) is 13.8 Å². The Morgan fingerprint density at radius 1 is 0.833 bits per heavy atom. The first kappa shape index (κ1) is 10.8. The smallest absolute Gasteiger partial charge is 0.113 e. The van der Waals surface area contributed by atoms with Gasteiger partial charge in [-0.2, -0.15) is 0 Å². The van der Waals surface area contributed by atoms with Gasteiger partial charge < -0.3 is 11.5 Å². The third-order valence-corrected chi connectivity index (χ3v) is 3.25. The molecule has 0 radical (unpaired) electrons. The zero-order chi connectivity index (χ0) is 12.9. The van der Waals surface area contributed by atoms with Crippen LogP contribution in [0.3, 0.4) is 0 Å². The third kappa shape index (κ3) is 1.46. The minimum absolute atomic E-state index is 0.682. The van der Waals surface area contributed by atoms with Gasteiger partial charge in [-0.3, -0.25) is 0 Å². The van der Waals surface area contributed by atoms with Crippen molar-refractivity contribution in [2.24, 2.45) is 0 Å². The Morgan fingerprint density at radius 3 is 2.33 bits per heavy atom. The lowest BCUT2D eigenvalue weighted by Crippen LogP contribution is -1.97. The molecule has 0 fully saturated rings. The summed E-state index contributed by atoms with van der Waals surface area (Å²) in [6.07, 6.45) is 0. The largest absolute Gasteiger partial charge is 0.398 e. The summed E-state index contributed by atoms with van der Waals surface area (Å²) in [7, 11) is 0. The van der Waals surface area contributed by atoms with E-state index >= 15 is 0 Å². The Hall–Kier alpha value is -2.36. The molecule has 0 unspecified atom stereocenters. The molecule has 3 aromatic rings.